The summed E-state index contributed by atoms with van der Waals surface area (Å²) in [7, 11) is 2.01. The van der Waals surface area contributed by atoms with Crippen LogP contribution in [0.4, 0.5) is 0 Å². The monoisotopic (exact) mass is 421 g/mol. The maximum absolute atomic E-state index is 5.68. The summed E-state index contributed by atoms with van der Waals surface area (Å²) in [4.78, 5) is 3.71. The number of rotatable bonds is 12. The van der Waals surface area contributed by atoms with Crippen LogP contribution in [0.3, 0.4) is 0 Å². The molecule has 0 saturated heterocycles. The molecule has 0 aliphatic carbocycles. The van der Waals surface area contributed by atoms with E-state index in [0.717, 1.165) is 43.2 Å². The lowest BCUT2D eigenvalue weighted by molar-refractivity contribution is 0.301. The molecule has 0 unspecified atom stereocenters. The van der Waals surface area contributed by atoms with Crippen molar-refractivity contribution in [3.63, 3.8) is 0 Å². The molecule has 2 rings (SSSR count). The predicted molar refractivity (Wildman–Crippen MR) is 134 cm³/mol. The second-order valence-corrected chi connectivity index (χ2v) is 8.55. The van der Waals surface area contributed by atoms with Crippen LogP contribution in [0, 0.1) is 26.3 Å². The van der Waals surface area contributed by atoms with Crippen molar-refractivity contribution in [3.05, 3.63) is 70.8 Å². The Morgan fingerprint density at radius 2 is 1.57 bits per heavy atom. The van der Waals surface area contributed by atoms with E-state index in [1.807, 2.05) is 18.8 Å². The fraction of sp³-hybridized carbons (Fsp3) is 0.385. The maximum Gasteiger partial charge on any atom is 0.0673 e. The van der Waals surface area contributed by atoms with Gasteiger partial charge in [-0.25, -0.2) is 0 Å². The van der Waals surface area contributed by atoms with Gasteiger partial charge >= 0.3 is 0 Å². The van der Waals surface area contributed by atoms with Gasteiger partial charge in [0.1, 0.15) is 0 Å². The lowest BCUT2D eigenvalue weighted by Gasteiger charge is -2.21. The molecular formula is C26H35N3S. The average molecular weight is 422 g/mol. The molecule has 0 atom stereocenters. The van der Waals surface area contributed by atoms with Crippen LogP contribution >= 0.6 is 11.8 Å². The number of terminal acetylenes is 1. The van der Waals surface area contributed by atoms with Crippen LogP contribution in [0.2, 0.25) is 0 Å². The van der Waals surface area contributed by atoms with Gasteiger partial charge in [0.25, 0.3) is 0 Å². The minimum atomic E-state index is 1.00. The molecule has 0 fully saturated rings. The van der Waals surface area contributed by atoms with Crippen LogP contribution in [0.5, 0.6) is 0 Å². The van der Waals surface area contributed by atoms with Crippen LogP contribution in [-0.2, 0) is 0 Å². The van der Waals surface area contributed by atoms with Crippen molar-refractivity contribution >= 4 is 22.4 Å². The van der Waals surface area contributed by atoms with E-state index in [9.17, 15) is 0 Å². The Balaban J connectivity index is 2.29. The first-order valence-corrected chi connectivity index (χ1v) is 11.7. The number of aryl methyl sites for hydroxylation is 2. The Kier molecular flexibility index (Phi) is 10.6. The van der Waals surface area contributed by atoms with Gasteiger partial charge in [0, 0.05) is 23.2 Å². The Morgan fingerprint density at radius 3 is 2.10 bits per heavy atom. The number of hydrogen-bond acceptors (Lipinski definition) is 4. The first-order chi connectivity index (χ1) is 14.6. The van der Waals surface area contributed by atoms with Crippen LogP contribution in [0.15, 0.2) is 48.5 Å². The van der Waals surface area contributed by atoms with Crippen molar-refractivity contribution in [2.45, 2.75) is 27.2 Å². The van der Waals surface area contributed by atoms with Gasteiger partial charge in [-0.1, -0.05) is 73.0 Å². The topological polar surface area (TPSA) is 27.3 Å². The van der Waals surface area contributed by atoms with Crippen LogP contribution < -0.4 is 10.6 Å². The molecule has 2 N–H and O–H groups in total. The molecule has 0 aliphatic heterocycles. The Hall–Kier alpha value is -2.19. The lowest BCUT2D eigenvalue weighted by Crippen LogP contribution is -2.28. The molecule has 0 radical (unpaired) electrons. The molecule has 0 amide bonds. The van der Waals surface area contributed by atoms with Gasteiger partial charge in [0.2, 0.25) is 0 Å². The van der Waals surface area contributed by atoms with Gasteiger partial charge in [-0.3, -0.25) is 0 Å². The number of hydrogen-bond donors (Lipinski definition) is 2. The normalized spacial score (nSPS) is 11.9. The minimum Gasteiger partial charge on any atom is -0.320 e. The van der Waals surface area contributed by atoms with E-state index in [0.29, 0.717) is 0 Å². The molecule has 0 bridgehead atoms. The van der Waals surface area contributed by atoms with Crippen molar-refractivity contribution in [1.82, 2.24) is 15.5 Å². The molecule has 0 aliphatic rings. The highest BCUT2D eigenvalue weighted by Gasteiger charge is 2.13. The molecule has 3 nitrogen and oxygen atoms in total. The fourth-order valence-corrected chi connectivity index (χ4v) is 4.41. The van der Waals surface area contributed by atoms with E-state index < -0.39 is 0 Å². The van der Waals surface area contributed by atoms with E-state index in [1.165, 1.54) is 28.0 Å². The second kappa shape index (κ2) is 13.2. The molecule has 0 saturated carbocycles. The Morgan fingerprint density at radius 1 is 0.967 bits per heavy atom. The van der Waals surface area contributed by atoms with E-state index in [-0.39, 0.29) is 0 Å². The van der Waals surface area contributed by atoms with Crippen molar-refractivity contribution in [2.24, 2.45) is 0 Å². The fourth-order valence-electron chi connectivity index (χ4n) is 3.24. The van der Waals surface area contributed by atoms with Crippen molar-refractivity contribution < 1.29 is 0 Å². The quantitative estimate of drug-likeness (QED) is 0.219. The summed E-state index contributed by atoms with van der Waals surface area (Å²) in [5, 5.41) is 6.42. The molecule has 0 heterocycles. The van der Waals surface area contributed by atoms with Gasteiger partial charge < -0.3 is 15.5 Å². The molecular weight excluding hydrogens is 386 g/mol. The summed E-state index contributed by atoms with van der Waals surface area (Å²) in [5.41, 5.74) is 5.81. The predicted octanol–water partition coefficient (Wildman–Crippen LogP) is 4.97. The highest BCUT2D eigenvalue weighted by molar-refractivity contribution is 8.08. The number of benzene rings is 2. The first kappa shape index (κ1) is 24.1. The third-order valence-electron chi connectivity index (χ3n) is 5.08. The summed E-state index contributed by atoms with van der Waals surface area (Å²) in [6.07, 6.45) is 6.85. The van der Waals surface area contributed by atoms with Gasteiger partial charge in [0.15, 0.2) is 0 Å². The summed E-state index contributed by atoms with van der Waals surface area (Å²) < 4.78 is 0. The molecule has 0 spiro atoms. The molecule has 30 heavy (non-hydrogen) atoms. The van der Waals surface area contributed by atoms with E-state index in [1.54, 1.807) is 0 Å². The number of nitrogens with zero attached hydrogens (tertiary/aromatic N) is 1. The largest absolute Gasteiger partial charge is 0.320 e. The van der Waals surface area contributed by atoms with Gasteiger partial charge in [-0.15, -0.1) is 11.8 Å². The third kappa shape index (κ3) is 7.57. The smallest absolute Gasteiger partial charge is 0.0673 e. The minimum absolute atomic E-state index is 1.00. The first-order valence-electron chi connectivity index (χ1n) is 10.7. The van der Waals surface area contributed by atoms with Gasteiger partial charge in [0.05, 0.1) is 5.70 Å². The van der Waals surface area contributed by atoms with Crippen molar-refractivity contribution in [3.8, 4) is 12.5 Å². The summed E-state index contributed by atoms with van der Waals surface area (Å²) in [6, 6.07) is 19.9. The second-order valence-electron chi connectivity index (χ2n) is 7.45. The molecule has 2 aromatic carbocycles. The highest BCUT2D eigenvalue weighted by atomic mass is 32.2. The molecule has 0 aromatic heterocycles. The van der Waals surface area contributed by atoms with Crippen LogP contribution in [0.1, 0.15) is 35.6 Å². The van der Waals surface area contributed by atoms with Crippen molar-refractivity contribution in [1.29, 1.82) is 0 Å². The van der Waals surface area contributed by atoms with E-state index in [4.69, 9.17) is 6.42 Å². The third-order valence-corrected chi connectivity index (χ3v) is 6.20. The molecule has 2 aromatic rings. The zero-order valence-electron chi connectivity index (χ0n) is 18.8. The van der Waals surface area contributed by atoms with Crippen molar-refractivity contribution in [2.75, 3.05) is 39.0 Å². The van der Waals surface area contributed by atoms with Gasteiger partial charge in [-0.2, -0.15) is 0 Å². The highest BCUT2D eigenvalue weighted by Crippen LogP contribution is 2.34. The standard InChI is InChI=1S/C26H35N3S/c1-6-28-25(23-13-9-21(3)10-14-23)26(24-15-11-22(4)12-16-24)30-20-19-29(7-2)18-8-17-27-5/h1,9-16,27-28H,7-8,17-20H2,2-5H3/b26-25-. The zero-order valence-corrected chi connectivity index (χ0v) is 19.6. The Labute approximate surface area is 187 Å². The SMILES string of the molecule is C#CN/C(=C(\SCCN(CC)CCCNC)c1ccc(C)cc1)c1ccc(C)cc1. The summed E-state index contributed by atoms with van der Waals surface area (Å²) in [5.74, 6) is 1.01. The number of thioether (sulfide) groups is 1. The summed E-state index contributed by atoms with van der Waals surface area (Å²) >= 11 is 1.87. The van der Waals surface area contributed by atoms with E-state index >= 15 is 0 Å². The maximum atomic E-state index is 5.68. The number of nitrogens with one attached hydrogen (secondary N) is 2. The average Bonchev–Trinajstić information content (AvgIpc) is 2.76. The lowest BCUT2D eigenvalue weighted by atomic mass is 10.1. The molecule has 160 valence electrons. The molecule has 4 heteroatoms. The van der Waals surface area contributed by atoms with Crippen LogP contribution in [-0.4, -0.2) is 43.9 Å². The summed E-state index contributed by atoms with van der Waals surface area (Å²) in [6.45, 7) is 10.8. The van der Waals surface area contributed by atoms with E-state index in [2.05, 4.69) is 90.9 Å². The van der Waals surface area contributed by atoms with Crippen LogP contribution in [0.25, 0.3) is 10.6 Å². The Bertz CT molecular complexity index is 832. The zero-order chi connectivity index (χ0) is 21.8. The van der Waals surface area contributed by atoms with Gasteiger partial charge in [-0.05, 0) is 58.1 Å².